The van der Waals surface area contributed by atoms with E-state index >= 15 is 0 Å². The Bertz CT molecular complexity index is 858. The summed E-state index contributed by atoms with van der Waals surface area (Å²) in [5, 5.41) is 0.914. The predicted molar refractivity (Wildman–Crippen MR) is 81.9 cm³/mol. The van der Waals surface area contributed by atoms with Gasteiger partial charge >= 0.3 is 0 Å². The van der Waals surface area contributed by atoms with Crippen LogP contribution in [-0.2, 0) is 0 Å². The summed E-state index contributed by atoms with van der Waals surface area (Å²) in [6, 6.07) is 5.53. The molecule has 0 fully saturated rings. The largest absolute Gasteiger partial charge is 0.384 e. The average molecular weight is 278 g/mol. The fourth-order valence-corrected chi connectivity index (χ4v) is 2.24. The lowest BCUT2D eigenvalue weighted by Crippen LogP contribution is -1.98. The lowest BCUT2D eigenvalue weighted by atomic mass is 10.0. The predicted octanol–water partition coefficient (Wildman–Crippen LogP) is 2.79. The van der Waals surface area contributed by atoms with Crippen LogP contribution in [0.3, 0.4) is 0 Å². The van der Waals surface area contributed by atoms with Crippen molar-refractivity contribution < 1.29 is 4.79 Å². The van der Waals surface area contributed by atoms with Gasteiger partial charge in [-0.25, -0.2) is 4.98 Å². The van der Waals surface area contributed by atoms with E-state index in [0.29, 0.717) is 11.5 Å². The van der Waals surface area contributed by atoms with Crippen LogP contribution in [0, 0.1) is 6.92 Å². The number of anilines is 1. The van der Waals surface area contributed by atoms with Gasteiger partial charge in [-0.2, -0.15) is 0 Å². The number of nitrogens with zero attached hydrogens (tertiary/aromatic N) is 3. The summed E-state index contributed by atoms with van der Waals surface area (Å²) in [6.45, 7) is 3.46. The van der Waals surface area contributed by atoms with Crippen LogP contribution in [0.25, 0.3) is 22.0 Å². The number of rotatable bonds is 2. The van der Waals surface area contributed by atoms with E-state index in [0.717, 1.165) is 27.6 Å². The third kappa shape index (κ3) is 2.45. The fourth-order valence-electron chi connectivity index (χ4n) is 2.24. The van der Waals surface area contributed by atoms with Crippen LogP contribution in [0.2, 0.25) is 0 Å². The topological polar surface area (TPSA) is 81.8 Å². The first kappa shape index (κ1) is 13.2. The molecular formula is C16H14N4O. The summed E-state index contributed by atoms with van der Waals surface area (Å²) in [5.74, 6) is 0.410. The van der Waals surface area contributed by atoms with Crippen LogP contribution in [0.1, 0.15) is 23.0 Å². The van der Waals surface area contributed by atoms with Gasteiger partial charge in [-0.15, -0.1) is 0 Å². The van der Waals surface area contributed by atoms with Crippen molar-refractivity contribution in [3.8, 4) is 11.1 Å². The van der Waals surface area contributed by atoms with Crippen molar-refractivity contribution in [2.45, 2.75) is 13.8 Å². The molecule has 0 unspecified atom stereocenters. The molecule has 3 heterocycles. The van der Waals surface area contributed by atoms with Gasteiger partial charge in [-0.3, -0.25) is 14.8 Å². The number of fused-ring (bicyclic) bond motifs is 1. The number of nitrogens with two attached hydrogens (primary N) is 1. The van der Waals surface area contributed by atoms with Crippen molar-refractivity contribution in [3.63, 3.8) is 0 Å². The first-order valence-corrected chi connectivity index (χ1v) is 6.54. The molecular weight excluding hydrogens is 264 g/mol. The van der Waals surface area contributed by atoms with Crippen LogP contribution in [-0.4, -0.2) is 20.7 Å². The molecule has 0 saturated carbocycles. The van der Waals surface area contributed by atoms with E-state index in [9.17, 15) is 4.79 Å². The third-order valence-corrected chi connectivity index (χ3v) is 3.37. The molecule has 3 aromatic heterocycles. The normalized spacial score (nSPS) is 10.8. The molecule has 104 valence electrons. The van der Waals surface area contributed by atoms with E-state index in [1.54, 1.807) is 30.7 Å². The van der Waals surface area contributed by atoms with E-state index in [1.807, 2.05) is 13.0 Å². The Kier molecular flexibility index (Phi) is 3.10. The zero-order chi connectivity index (χ0) is 15.0. The van der Waals surface area contributed by atoms with Crippen molar-refractivity contribution in [2.24, 2.45) is 0 Å². The second-order valence-electron chi connectivity index (χ2n) is 4.97. The number of hydrogen-bond acceptors (Lipinski definition) is 5. The van der Waals surface area contributed by atoms with E-state index in [4.69, 9.17) is 5.73 Å². The van der Waals surface area contributed by atoms with Gasteiger partial charge in [0.1, 0.15) is 11.5 Å². The Morgan fingerprint density at radius 3 is 2.57 bits per heavy atom. The zero-order valence-electron chi connectivity index (χ0n) is 11.8. The van der Waals surface area contributed by atoms with Gasteiger partial charge in [-0.05, 0) is 24.6 Å². The molecule has 0 aliphatic heterocycles. The van der Waals surface area contributed by atoms with Crippen LogP contribution in [0.5, 0.6) is 0 Å². The molecule has 3 aromatic rings. The van der Waals surface area contributed by atoms with Crippen molar-refractivity contribution >= 4 is 22.5 Å². The Hall–Kier alpha value is -2.82. The summed E-state index contributed by atoms with van der Waals surface area (Å²) < 4.78 is 0. The molecule has 0 atom stereocenters. The lowest BCUT2D eigenvalue weighted by Gasteiger charge is -2.08. The highest BCUT2D eigenvalue weighted by molar-refractivity contribution is 5.93. The molecule has 0 spiro atoms. The van der Waals surface area contributed by atoms with E-state index in [-0.39, 0.29) is 5.78 Å². The van der Waals surface area contributed by atoms with Gasteiger partial charge in [-0.1, -0.05) is 0 Å². The quantitative estimate of drug-likeness (QED) is 0.729. The van der Waals surface area contributed by atoms with E-state index < -0.39 is 0 Å². The van der Waals surface area contributed by atoms with Gasteiger partial charge in [0.2, 0.25) is 0 Å². The Labute approximate surface area is 121 Å². The minimum atomic E-state index is -0.0408. The van der Waals surface area contributed by atoms with Crippen molar-refractivity contribution in [3.05, 3.63) is 48.0 Å². The lowest BCUT2D eigenvalue weighted by molar-refractivity contribution is 0.101. The molecule has 0 saturated heterocycles. The maximum Gasteiger partial charge on any atom is 0.178 e. The van der Waals surface area contributed by atoms with Crippen LogP contribution < -0.4 is 5.73 Å². The maximum absolute atomic E-state index is 11.4. The number of ketones is 1. The number of carbonyl (C=O) groups is 1. The molecule has 0 aliphatic rings. The van der Waals surface area contributed by atoms with Gasteiger partial charge in [0.15, 0.2) is 5.78 Å². The monoisotopic (exact) mass is 278 g/mol. The minimum absolute atomic E-state index is 0.0408. The number of aryl methyl sites for hydroxylation is 1. The first-order valence-electron chi connectivity index (χ1n) is 6.54. The Balaban J connectivity index is 2.12. The van der Waals surface area contributed by atoms with Crippen molar-refractivity contribution in [2.75, 3.05) is 5.73 Å². The fraction of sp³-hybridized carbons (Fsp3) is 0.125. The number of nitrogen functional groups attached to an aromatic ring is 1. The van der Waals surface area contributed by atoms with Crippen LogP contribution in [0.4, 0.5) is 5.82 Å². The standard InChI is InChI=1S/C16H14N4O/c1-9-3-14(10(2)21)19-8-13(9)11-4-12-7-20-16(17)5-15(12)18-6-11/h3-8H,1-2H3,(H2,17,20). The smallest absolute Gasteiger partial charge is 0.178 e. The Morgan fingerprint density at radius 2 is 1.86 bits per heavy atom. The highest BCUT2D eigenvalue weighted by Crippen LogP contribution is 2.25. The molecule has 0 aliphatic carbocycles. The minimum Gasteiger partial charge on any atom is -0.384 e. The second-order valence-corrected chi connectivity index (χ2v) is 4.97. The van der Waals surface area contributed by atoms with Gasteiger partial charge in [0.05, 0.1) is 5.52 Å². The van der Waals surface area contributed by atoms with E-state index in [1.165, 1.54) is 6.92 Å². The van der Waals surface area contributed by atoms with Gasteiger partial charge in [0.25, 0.3) is 0 Å². The summed E-state index contributed by atoms with van der Waals surface area (Å²) >= 11 is 0. The van der Waals surface area contributed by atoms with E-state index in [2.05, 4.69) is 15.0 Å². The van der Waals surface area contributed by atoms with Crippen molar-refractivity contribution in [1.29, 1.82) is 0 Å². The molecule has 0 bridgehead atoms. The maximum atomic E-state index is 11.4. The molecule has 0 amide bonds. The molecule has 21 heavy (non-hydrogen) atoms. The van der Waals surface area contributed by atoms with Crippen LogP contribution >= 0.6 is 0 Å². The molecule has 5 nitrogen and oxygen atoms in total. The third-order valence-electron chi connectivity index (χ3n) is 3.37. The van der Waals surface area contributed by atoms with Gasteiger partial charge in [0, 0.05) is 48.1 Å². The zero-order valence-corrected chi connectivity index (χ0v) is 11.8. The van der Waals surface area contributed by atoms with Gasteiger partial charge < -0.3 is 5.73 Å². The summed E-state index contributed by atoms with van der Waals surface area (Å²) in [6.07, 6.45) is 5.19. The SMILES string of the molecule is CC(=O)c1cc(C)c(-c2cnc3cc(N)ncc3c2)cn1. The summed E-state index contributed by atoms with van der Waals surface area (Å²) in [4.78, 5) is 24.0. The van der Waals surface area contributed by atoms with Crippen molar-refractivity contribution in [1.82, 2.24) is 15.0 Å². The molecule has 0 aromatic carbocycles. The molecule has 2 N–H and O–H groups in total. The Morgan fingerprint density at radius 1 is 1.05 bits per heavy atom. The number of Topliss-reactive ketones (excluding diaryl/α,β-unsaturated/α-hetero) is 1. The average Bonchev–Trinajstić information content (AvgIpc) is 2.46. The van der Waals surface area contributed by atoms with Crippen LogP contribution in [0.15, 0.2) is 36.8 Å². The second kappa shape index (κ2) is 4.94. The number of hydrogen-bond donors (Lipinski definition) is 1. The highest BCUT2D eigenvalue weighted by Gasteiger charge is 2.08. The summed E-state index contributed by atoms with van der Waals surface area (Å²) in [7, 11) is 0. The molecule has 5 heteroatoms. The number of pyridine rings is 3. The number of carbonyl (C=O) groups excluding carboxylic acids is 1. The first-order chi connectivity index (χ1) is 10.0. The summed E-state index contributed by atoms with van der Waals surface area (Å²) in [5.41, 5.74) is 9.80. The number of aromatic nitrogens is 3. The highest BCUT2D eigenvalue weighted by atomic mass is 16.1. The molecule has 0 radical (unpaired) electrons. The molecule has 3 rings (SSSR count).